The van der Waals surface area contributed by atoms with Crippen molar-refractivity contribution in [1.82, 2.24) is 18.7 Å². The molecule has 0 bridgehead atoms. The van der Waals surface area contributed by atoms with Crippen LogP contribution in [0.3, 0.4) is 0 Å². The van der Waals surface area contributed by atoms with Gasteiger partial charge in [-0.2, -0.15) is 17.0 Å². The number of aromatic nitrogens is 1. The summed E-state index contributed by atoms with van der Waals surface area (Å²) in [6, 6.07) is 6.16. The highest BCUT2D eigenvalue weighted by Gasteiger charge is 2.34. The standard InChI is InChI=1S/C21H32N4O4S/c1-5-24-12-13-25(30(24,27)28)11-8-17-6-7-20-19(14-17)18(15-22-20)9-10-23(16-26)29-21(2,3)4/h6-7,14-16,22H,5,8-13H2,1-4H3. The molecule has 2 heterocycles. The maximum Gasteiger partial charge on any atom is 0.282 e. The normalized spacial score (nSPS) is 17.6. The van der Waals surface area contributed by atoms with Gasteiger partial charge in [0.1, 0.15) is 0 Å². The van der Waals surface area contributed by atoms with Gasteiger partial charge in [0.15, 0.2) is 0 Å². The number of nitrogens with one attached hydrogen (secondary N) is 1. The van der Waals surface area contributed by atoms with Crippen molar-refractivity contribution in [1.29, 1.82) is 0 Å². The van der Waals surface area contributed by atoms with Gasteiger partial charge in [0.05, 0.1) is 12.1 Å². The summed E-state index contributed by atoms with van der Waals surface area (Å²) in [5.41, 5.74) is 2.78. The maximum atomic E-state index is 12.4. The second-order valence-electron chi connectivity index (χ2n) is 8.54. The highest BCUT2D eigenvalue weighted by Crippen LogP contribution is 2.23. The Kier molecular flexibility index (Phi) is 6.86. The molecule has 0 aliphatic carbocycles. The van der Waals surface area contributed by atoms with Crippen LogP contribution in [0.2, 0.25) is 0 Å². The van der Waals surface area contributed by atoms with Gasteiger partial charge in [-0.05, 0) is 56.9 Å². The van der Waals surface area contributed by atoms with E-state index in [2.05, 4.69) is 11.1 Å². The van der Waals surface area contributed by atoms with Crippen LogP contribution in [0.4, 0.5) is 0 Å². The van der Waals surface area contributed by atoms with Gasteiger partial charge >= 0.3 is 0 Å². The van der Waals surface area contributed by atoms with Crippen LogP contribution in [0.25, 0.3) is 10.9 Å². The lowest BCUT2D eigenvalue weighted by atomic mass is 10.1. The van der Waals surface area contributed by atoms with Gasteiger partial charge in [-0.25, -0.2) is 5.06 Å². The number of H-pyrrole nitrogens is 1. The molecule has 3 rings (SSSR count). The average molecular weight is 437 g/mol. The van der Waals surface area contributed by atoms with Crippen LogP contribution in [0, 0.1) is 0 Å². The van der Waals surface area contributed by atoms with E-state index >= 15 is 0 Å². The number of hydroxylamine groups is 2. The van der Waals surface area contributed by atoms with Crippen LogP contribution in [0.5, 0.6) is 0 Å². The number of likely N-dealkylation sites (N-methyl/N-ethyl adjacent to an activating group) is 1. The van der Waals surface area contributed by atoms with Crippen molar-refractivity contribution in [3.63, 3.8) is 0 Å². The molecular formula is C21H32N4O4S. The molecule has 1 aliphatic heterocycles. The van der Waals surface area contributed by atoms with Crippen molar-refractivity contribution >= 4 is 27.5 Å². The number of fused-ring (bicyclic) bond motifs is 1. The smallest absolute Gasteiger partial charge is 0.282 e. The Balaban J connectivity index is 1.67. The van der Waals surface area contributed by atoms with Gasteiger partial charge in [0.2, 0.25) is 6.41 Å². The number of carbonyl (C=O) groups is 1. The van der Waals surface area contributed by atoms with E-state index in [9.17, 15) is 13.2 Å². The van der Waals surface area contributed by atoms with Gasteiger partial charge < -0.3 is 4.98 Å². The first-order chi connectivity index (χ1) is 14.1. The lowest BCUT2D eigenvalue weighted by Gasteiger charge is -2.26. The van der Waals surface area contributed by atoms with Crippen LogP contribution in [-0.2, 0) is 32.7 Å². The Labute approximate surface area is 178 Å². The summed E-state index contributed by atoms with van der Waals surface area (Å²) in [6.45, 7) is 10.1. The van der Waals surface area contributed by atoms with E-state index in [-0.39, 0.29) is 0 Å². The molecule has 0 saturated carbocycles. The minimum atomic E-state index is -3.32. The first-order valence-electron chi connectivity index (χ1n) is 10.4. The largest absolute Gasteiger partial charge is 0.361 e. The SMILES string of the molecule is CCN1CCN(CCc2ccc3[nH]cc(CCN(C=O)OC(C)(C)C)c3c2)S1(=O)=O. The Morgan fingerprint density at radius 3 is 2.57 bits per heavy atom. The van der Waals surface area contributed by atoms with E-state index in [4.69, 9.17) is 4.84 Å². The summed E-state index contributed by atoms with van der Waals surface area (Å²) >= 11 is 0. The summed E-state index contributed by atoms with van der Waals surface area (Å²) < 4.78 is 28.0. The first-order valence-corrected chi connectivity index (χ1v) is 11.8. The Bertz CT molecular complexity index is 981. The summed E-state index contributed by atoms with van der Waals surface area (Å²) in [7, 11) is -3.32. The molecule has 1 saturated heterocycles. The second-order valence-corrected chi connectivity index (χ2v) is 10.5. The number of benzene rings is 1. The first kappa shape index (κ1) is 22.7. The molecule has 8 nitrogen and oxygen atoms in total. The van der Waals surface area contributed by atoms with Crippen LogP contribution >= 0.6 is 0 Å². The molecule has 166 valence electrons. The van der Waals surface area contributed by atoms with E-state index in [1.54, 1.807) is 4.31 Å². The van der Waals surface area contributed by atoms with Crippen molar-refractivity contribution in [2.75, 3.05) is 32.7 Å². The van der Waals surface area contributed by atoms with Crippen molar-refractivity contribution in [2.45, 2.75) is 46.1 Å². The number of amides is 1. The Hall–Kier alpha value is -1.94. The van der Waals surface area contributed by atoms with Crippen molar-refractivity contribution in [2.24, 2.45) is 0 Å². The fourth-order valence-electron chi connectivity index (χ4n) is 3.71. The predicted octanol–water partition coefficient (Wildman–Crippen LogP) is 2.32. The van der Waals surface area contributed by atoms with Gasteiger partial charge in [-0.3, -0.25) is 9.63 Å². The van der Waals surface area contributed by atoms with E-state index in [0.29, 0.717) is 52.0 Å². The fraction of sp³-hybridized carbons (Fsp3) is 0.571. The summed E-state index contributed by atoms with van der Waals surface area (Å²) in [5, 5.41) is 2.43. The zero-order chi connectivity index (χ0) is 21.9. The number of carbonyl (C=O) groups excluding carboxylic acids is 1. The van der Waals surface area contributed by atoms with Gasteiger partial charge in [0, 0.05) is 43.3 Å². The number of nitrogens with zero attached hydrogens (tertiary/aromatic N) is 3. The lowest BCUT2D eigenvalue weighted by Crippen LogP contribution is -2.34. The molecule has 0 radical (unpaired) electrons. The fourth-order valence-corrected chi connectivity index (χ4v) is 5.31. The number of hydrogen-bond donors (Lipinski definition) is 1. The molecule has 9 heteroatoms. The minimum absolute atomic E-state index is 0.433. The third kappa shape index (κ3) is 5.21. The van der Waals surface area contributed by atoms with Crippen LogP contribution < -0.4 is 0 Å². The number of hydrogen-bond acceptors (Lipinski definition) is 4. The molecule has 1 aromatic carbocycles. The van der Waals surface area contributed by atoms with Gasteiger partial charge in [-0.15, -0.1) is 0 Å². The third-order valence-electron chi connectivity index (χ3n) is 5.20. The molecule has 1 fully saturated rings. The lowest BCUT2D eigenvalue weighted by molar-refractivity contribution is -0.215. The minimum Gasteiger partial charge on any atom is -0.361 e. The molecule has 0 atom stereocenters. The third-order valence-corrected chi connectivity index (χ3v) is 7.31. The molecule has 30 heavy (non-hydrogen) atoms. The predicted molar refractivity (Wildman–Crippen MR) is 117 cm³/mol. The monoisotopic (exact) mass is 436 g/mol. The van der Waals surface area contributed by atoms with E-state index in [1.165, 1.54) is 9.37 Å². The van der Waals surface area contributed by atoms with Crippen LogP contribution in [0.15, 0.2) is 24.4 Å². The molecule has 2 aromatic rings. The molecule has 1 N–H and O–H groups in total. The zero-order valence-corrected chi connectivity index (χ0v) is 19.0. The van der Waals surface area contributed by atoms with Crippen molar-refractivity contribution < 1.29 is 18.0 Å². The zero-order valence-electron chi connectivity index (χ0n) is 18.2. The summed E-state index contributed by atoms with van der Waals surface area (Å²) in [5.74, 6) is 0. The Morgan fingerprint density at radius 2 is 1.93 bits per heavy atom. The van der Waals surface area contributed by atoms with Gasteiger partial charge in [-0.1, -0.05) is 13.0 Å². The molecule has 1 amide bonds. The quantitative estimate of drug-likeness (QED) is 0.483. The summed E-state index contributed by atoms with van der Waals surface area (Å²) in [6.07, 6.45) is 3.98. The van der Waals surface area contributed by atoms with Crippen LogP contribution in [-0.4, -0.2) is 71.8 Å². The molecular weight excluding hydrogens is 404 g/mol. The maximum absolute atomic E-state index is 12.4. The Morgan fingerprint density at radius 1 is 1.20 bits per heavy atom. The molecule has 0 spiro atoms. The van der Waals surface area contributed by atoms with E-state index in [1.807, 2.05) is 46.0 Å². The summed E-state index contributed by atoms with van der Waals surface area (Å²) in [4.78, 5) is 20.2. The van der Waals surface area contributed by atoms with Gasteiger partial charge in [0.25, 0.3) is 10.2 Å². The van der Waals surface area contributed by atoms with Crippen molar-refractivity contribution in [3.05, 3.63) is 35.5 Å². The van der Waals surface area contributed by atoms with E-state index in [0.717, 1.165) is 22.0 Å². The highest BCUT2D eigenvalue weighted by molar-refractivity contribution is 7.87. The molecule has 0 unspecified atom stereocenters. The van der Waals surface area contributed by atoms with Crippen molar-refractivity contribution in [3.8, 4) is 0 Å². The number of rotatable bonds is 9. The number of aromatic amines is 1. The van der Waals surface area contributed by atoms with E-state index < -0.39 is 15.8 Å². The molecule has 1 aromatic heterocycles. The second kappa shape index (κ2) is 9.05. The van der Waals surface area contributed by atoms with Crippen LogP contribution in [0.1, 0.15) is 38.8 Å². The molecule has 1 aliphatic rings. The average Bonchev–Trinajstić information content (AvgIpc) is 3.21. The topological polar surface area (TPSA) is 85.9 Å². The highest BCUT2D eigenvalue weighted by atomic mass is 32.2.